The molecule has 0 fully saturated rings. The van der Waals surface area contributed by atoms with Crippen molar-refractivity contribution in [2.75, 3.05) is 7.11 Å². The van der Waals surface area contributed by atoms with Crippen LogP contribution in [0.3, 0.4) is 0 Å². The van der Waals surface area contributed by atoms with E-state index in [9.17, 15) is 4.79 Å². The Morgan fingerprint density at radius 3 is 2.75 bits per heavy atom. The van der Waals surface area contributed by atoms with Gasteiger partial charge in [0.25, 0.3) is 0 Å². The maximum Gasteiger partial charge on any atom is 0.331 e. The Balaban J connectivity index is 2.63. The van der Waals surface area contributed by atoms with Crippen LogP contribution in [0.25, 0.3) is 0 Å². The largest absolute Gasteiger partial charge is 0.501 e. The van der Waals surface area contributed by atoms with Gasteiger partial charge in [0.15, 0.2) is 0 Å². The Morgan fingerprint density at radius 2 is 2.19 bits per heavy atom. The first-order chi connectivity index (χ1) is 7.63. The normalized spacial score (nSPS) is 11.2. The molecule has 0 saturated heterocycles. The third-order valence-electron chi connectivity index (χ3n) is 2.15. The van der Waals surface area contributed by atoms with E-state index in [0.717, 1.165) is 11.6 Å². The average Bonchev–Trinajstić information content (AvgIpc) is 2.25. The van der Waals surface area contributed by atoms with Gasteiger partial charge in [-0.15, -0.1) is 0 Å². The van der Waals surface area contributed by atoms with Crippen molar-refractivity contribution >= 4 is 17.6 Å². The van der Waals surface area contributed by atoms with Gasteiger partial charge in [-0.3, -0.25) is 0 Å². The third kappa shape index (κ3) is 3.95. The Hall–Kier alpha value is -1.48. The van der Waals surface area contributed by atoms with E-state index in [-0.39, 0.29) is 0 Å². The van der Waals surface area contributed by atoms with Gasteiger partial charge in [-0.25, -0.2) is 4.79 Å². The Bertz CT molecular complexity index is 399. The van der Waals surface area contributed by atoms with E-state index >= 15 is 0 Å². The van der Waals surface area contributed by atoms with Crippen molar-refractivity contribution in [2.45, 2.75) is 12.8 Å². The number of rotatable bonds is 5. The average molecular weight is 241 g/mol. The Kier molecular flexibility index (Phi) is 4.86. The number of benzene rings is 1. The van der Waals surface area contributed by atoms with Crippen molar-refractivity contribution in [3.63, 3.8) is 0 Å². The number of hydrogen-bond acceptors (Lipinski definition) is 2. The molecule has 0 aliphatic heterocycles. The molecule has 0 atom stereocenters. The van der Waals surface area contributed by atoms with Crippen LogP contribution in [-0.2, 0) is 16.0 Å². The molecule has 0 aliphatic rings. The Morgan fingerprint density at radius 1 is 1.50 bits per heavy atom. The molecule has 86 valence electrons. The molecule has 0 heterocycles. The van der Waals surface area contributed by atoms with Gasteiger partial charge < -0.3 is 9.84 Å². The van der Waals surface area contributed by atoms with Gasteiger partial charge in [-0.2, -0.15) is 0 Å². The van der Waals surface area contributed by atoms with Crippen molar-refractivity contribution in [1.29, 1.82) is 0 Å². The van der Waals surface area contributed by atoms with Crippen LogP contribution in [0.15, 0.2) is 36.1 Å². The van der Waals surface area contributed by atoms with Crippen LogP contribution in [0.4, 0.5) is 0 Å². The quantitative estimate of drug-likeness (QED) is 0.636. The highest BCUT2D eigenvalue weighted by molar-refractivity contribution is 6.31. The zero-order chi connectivity index (χ0) is 12.0. The van der Waals surface area contributed by atoms with E-state index in [2.05, 4.69) is 0 Å². The molecule has 3 nitrogen and oxygen atoms in total. The SMILES string of the molecule is COC(=CC(=O)O)CCc1ccccc1Cl. The predicted molar refractivity (Wildman–Crippen MR) is 62.5 cm³/mol. The van der Waals surface area contributed by atoms with E-state index in [4.69, 9.17) is 21.4 Å². The van der Waals surface area contributed by atoms with Gasteiger partial charge in [-0.05, 0) is 18.1 Å². The number of aryl methyl sites for hydroxylation is 1. The summed E-state index contributed by atoms with van der Waals surface area (Å²) in [5.41, 5.74) is 0.984. The minimum atomic E-state index is -1.00. The van der Waals surface area contributed by atoms with E-state index in [1.165, 1.54) is 7.11 Å². The number of carbonyl (C=O) groups is 1. The maximum absolute atomic E-state index is 10.5. The van der Waals surface area contributed by atoms with Gasteiger partial charge in [0.05, 0.1) is 13.2 Å². The highest BCUT2D eigenvalue weighted by Crippen LogP contribution is 2.18. The molecule has 0 radical (unpaired) electrons. The van der Waals surface area contributed by atoms with Crippen molar-refractivity contribution in [1.82, 2.24) is 0 Å². The summed E-state index contributed by atoms with van der Waals surface area (Å²) in [6, 6.07) is 7.48. The summed E-state index contributed by atoms with van der Waals surface area (Å²) in [7, 11) is 1.46. The second kappa shape index (κ2) is 6.18. The fourth-order valence-corrected chi connectivity index (χ4v) is 1.56. The fourth-order valence-electron chi connectivity index (χ4n) is 1.33. The number of allylic oxidation sites excluding steroid dienone is 1. The molecule has 0 aromatic heterocycles. The minimum Gasteiger partial charge on any atom is -0.501 e. The number of halogens is 1. The van der Waals surface area contributed by atoms with Gasteiger partial charge in [-0.1, -0.05) is 29.8 Å². The number of carboxylic acids is 1. The first kappa shape index (κ1) is 12.6. The molecule has 0 bridgehead atoms. The summed E-state index contributed by atoms with van der Waals surface area (Å²) in [5, 5.41) is 9.27. The van der Waals surface area contributed by atoms with Gasteiger partial charge in [0.1, 0.15) is 5.76 Å². The van der Waals surface area contributed by atoms with Gasteiger partial charge >= 0.3 is 5.97 Å². The predicted octanol–water partition coefficient (Wildman–Crippen LogP) is 2.89. The molecule has 0 spiro atoms. The van der Waals surface area contributed by atoms with E-state index in [1.807, 2.05) is 24.3 Å². The summed E-state index contributed by atoms with van der Waals surface area (Å²) in [5.74, 6) is -0.566. The first-order valence-electron chi connectivity index (χ1n) is 4.84. The first-order valence-corrected chi connectivity index (χ1v) is 5.22. The summed E-state index contributed by atoms with van der Waals surface area (Å²) in [4.78, 5) is 10.5. The number of aliphatic carboxylic acids is 1. The van der Waals surface area contributed by atoms with Crippen LogP contribution in [0.5, 0.6) is 0 Å². The van der Waals surface area contributed by atoms with Gasteiger partial charge in [0.2, 0.25) is 0 Å². The van der Waals surface area contributed by atoms with Crippen LogP contribution >= 0.6 is 11.6 Å². The van der Waals surface area contributed by atoms with Crippen molar-refractivity contribution in [3.05, 3.63) is 46.7 Å². The lowest BCUT2D eigenvalue weighted by Gasteiger charge is -2.06. The van der Waals surface area contributed by atoms with Crippen LogP contribution in [0, 0.1) is 0 Å². The molecule has 16 heavy (non-hydrogen) atoms. The van der Waals surface area contributed by atoms with Crippen LogP contribution in [0.1, 0.15) is 12.0 Å². The summed E-state index contributed by atoms with van der Waals surface area (Å²) >= 11 is 5.98. The molecule has 0 saturated carbocycles. The molecule has 1 aromatic carbocycles. The van der Waals surface area contributed by atoms with Crippen molar-refractivity contribution in [2.24, 2.45) is 0 Å². The topological polar surface area (TPSA) is 46.5 Å². The summed E-state index contributed by atoms with van der Waals surface area (Å²) in [6.07, 6.45) is 2.25. The Labute approximate surface area is 99.3 Å². The molecule has 4 heteroatoms. The van der Waals surface area contributed by atoms with E-state index in [0.29, 0.717) is 23.6 Å². The van der Waals surface area contributed by atoms with Crippen LogP contribution < -0.4 is 0 Å². The number of carboxylic acid groups (broad SMARTS) is 1. The highest BCUT2D eigenvalue weighted by atomic mass is 35.5. The zero-order valence-electron chi connectivity index (χ0n) is 8.94. The number of methoxy groups -OCH3 is 1. The van der Waals surface area contributed by atoms with Crippen molar-refractivity contribution < 1.29 is 14.6 Å². The monoisotopic (exact) mass is 240 g/mol. The maximum atomic E-state index is 10.5. The highest BCUT2D eigenvalue weighted by Gasteiger charge is 2.03. The van der Waals surface area contributed by atoms with E-state index in [1.54, 1.807) is 0 Å². The van der Waals surface area contributed by atoms with E-state index < -0.39 is 5.97 Å². The zero-order valence-corrected chi connectivity index (χ0v) is 9.70. The van der Waals surface area contributed by atoms with Gasteiger partial charge in [0, 0.05) is 11.4 Å². The summed E-state index contributed by atoms with van der Waals surface area (Å²) in [6.45, 7) is 0. The molecular formula is C12H13ClO3. The molecular weight excluding hydrogens is 228 g/mol. The fraction of sp³-hybridized carbons (Fsp3) is 0.250. The lowest BCUT2D eigenvalue weighted by molar-refractivity contribution is -0.131. The lowest BCUT2D eigenvalue weighted by Crippen LogP contribution is -1.97. The summed E-state index contributed by atoms with van der Waals surface area (Å²) < 4.78 is 4.96. The smallest absolute Gasteiger partial charge is 0.331 e. The lowest BCUT2D eigenvalue weighted by atomic mass is 10.1. The molecule has 0 unspecified atom stereocenters. The number of ether oxygens (including phenoxy) is 1. The number of hydrogen-bond donors (Lipinski definition) is 1. The minimum absolute atomic E-state index is 0.437. The molecule has 1 N–H and O–H groups in total. The molecule has 0 aliphatic carbocycles. The second-order valence-corrected chi connectivity index (χ2v) is 3.65. The van der Waals surface area contributed by atoms with Crippen LogP contribution in [0.2, 0.25) is 5.02 Å². The standard InChI is InChI=1S/C12H13ClO3/c1-16-10(8-12(14)15)7-6-9-4-2-3-5-11(9)13/h2-5,8H,6-7H2,1H3,(H,14,15). The molecule has 0 amide bonds. The van der Waals surface area contributed by atoms with Crippen LogP contribution in [-0.4, -0.2) is 18.2 Å². The third-order valence-corrected chi connectivity index (χ3v) is 2.51. The molecule has 1 rings (SSSR count). The second-order valence-electron chi connectivity index (χ2n) is 3.24. The molecule has 1 aromatic rings. The van der Waals surface area contributed by atoms with Crippen molar-refractivity contribution in [3.8, 4) is 0 Å².